The Morgan fingerprint density at radius 3 is 2.76 bits per heavy atom. The summed E-state index contributed by atoms with van der Waals surface area (Å²) in [5.41, 5.74) is 5.28. The van der Waals surface area contributed by atoms with Gasteiger partial charge < -0.3 is 15.6 Å². The minimum atomic E-state index is -3.43. The van der Waals surface area contributed by atoms with Gasteiger partial charge in [0, 0.05) is 19.7 Å². The summed E-state index contributed by atoms with van der Waals surface area (Å²) in [6.45, 7) is 1.68. The molecule has 1 unspecified atom stereocenters. The second-order valence-electron chi connectivity index (χ2n) is 3.91. The molecular formula is C9H18N2O5S. The molecule has 1 saturated heterocycles. The van der Waals surface area contributed by atoms with E-state index in [9.17, 15) is 13.2 Å². The van der Waals surface area contributed by atoms with Crippen LogP contribution in [-0.2, 0) is 19.6 Å². The lowest BCUT2D eigenvalue weighted by atomic mass is 10.2. The smallest absolute Gasteiger partial charge is 0.320 e. The Morgan fingerprint density at radius 2 is 2.12 bits per heavy atom. The van der Waals surface area contributed by atoms with Crippen LogP contribution in [0.4, 0.5) is 0 Å². The molecule has 0 amide bonds. The molecule has 0 aliphatic carbocycles. The highest BCUT2D eigenvalue weighted by atomic mass is 32.2. The predicted molar refractivity (Wildman–Crippen MR) is 61.0 cm³/mol. The minimum Gasteiger partial charge on any atom is -0.480 e. The van der Waals surface area contributed by atoms with Crippen molar-refractivity contribution in [2.24, 2.45) is 5.73 Å². The molecule has 0 radical (unpaired) electrons. The van der Waals surface area contributed by atoms with Crippen LogP contribution in [0.3, 0.4) is 0 Å². The summed E-state index contributed by atoms with van der Waals surface area (Å²) in [4.78, 5) is 10.5. The molecule has 7 nitrogen and oxygen atoms in total. The lowest BCUT2D eigenvalue weighted by Crippen LogP contribution is -2.38. The summed E-state index contributed by atoms with van der Waals surface area (Å²) in [6.07, 6.45) is 0.583. The molecule has 1 aliphatic heterocycles. The fraction of sp³-hybridized carbons (Fsp3) is 0.889. The van der Waals surface area contributed by atoms with Crippen molar-refractivity contribution in [2.45, 2.75) is 18.9 Å². The van der Waals surface area contributed by atoms with Gasteiger partial charge in [0.25, 0.3) is 0 Å². The van der Waals surface area contributed by atoms with Gasteiger partial charge in [0.15, 0.2) is 0 Å². The van der Waals surface area contributed by atoms with E-state index in [1.54, 1.807) is 0 Å². The molecule has 0 spiro atoms. The van der Waals surface area contributed by atoms with E-state index in [1.807, 2.05) is 0 Å². The van der Waals surface area contributed by atoms with Gasteiger partial charge >= 0.3 is 5.97 Å². The number of aliphatic carboxylic acids is 1. The van der Waals surface area contributed by atoms with Crippen LogP contribution in [-0.4, -0.2) is 61.9 Å². The Labute approximate surface area is 101 Å². The Hall–Kier alpha value is -0.700. The fourth-order valence-electron chi connectivity index (χ4n) is 1.53. The zero-order valence-electron chi connectivity index (χ0n) is 9.54. The number of nitrogens with two attached hydrogens (primary N) is 1. The number of hydrogen-bond donors (Lipinski definition) is 2. The van der Waals surface area contributed by atoms with E-state index in [2.05, 4.69) is 0 Å². The van der Waals surface area contributed by atoms with E-state index < -0.39 is 22.0 Å². The first-order valence-corrected chi connectivity index (χ1v) is 7.08. The first-order chi connectivity index (χ1) is 7.93. The Kier molecular flexibility index (Phi) is 5.31. The fourth-order valence-corrected chi connectivity index (χ4v) is 3.10. The average molecular weight is 266 g/mol. The third-order valence-corrected chi connectivity index (χ3v) is 4.48. The van der Waals surface area contributed by atoms with Gasteiger partial charge in [-0.25, -0.2) is 8.42 Å². The largest absolute Gasteiger partial charge is 0.480 e. The molecular weight excluding hydrogens is 248 g/mol. The molecule has 1 rings (SSSR count). The standard InChI is InChI=1S/C9H18N2O5S/c10-8(9(12)13)2-7-17(14,15)11-3-1-5-16-6-4-11/h8H,1-7,10H2,(H,12,13). The van der Waals surface area contributed by atoms with Crippen LogP contribution in [0.2, 0.25) is 0 Å². The number of carboxylic acids is 1. The summed E-state index contributed by atoms with van der Waals surface area (Å²) < 4.78 is 30.3. The molecule has 0 bridgehead atoms. The van der Waals surface area contributed by atoms with E-state index in [4.69, 9.17) is 15.6 Å². The molecule has 8 heteroatoms. The molecule has 1 fully saturated rings. The summed E-state index contributed by atoms with van der Waals surface area (Å²) in [7, 11) is -3.43. The summed E-state index contributed by atoms with van der Waals surface area (Å²) in [6, 6.07) is -1.13. The Bertz CT molecular complexity index is 348. The van der Waals surface area contributed by atoms with Crippen molar-refractivity contribution in [1.29, 1.82) is 0 Å². The average Bonchev–Trinajstić information content (AvgIpc) is 2.54. The maximum absolute atomic E-state index is 11.9. The lowest BCUT2D eigenvalue weighted by molar-refractivity contribution is -0.138. The third kappa shape index (κ3) is 4.58. The van der Waals surface area contributed by atoms with Gasteiger partial charge in [-0.15, -0.1) is 0 Å². The minimum absolute atomic E-state index is 0.0744. The number of sulfonamides is 1. The van der Waals surface area contributed by atoms with E-state index in [0.717, 1.165) is 0 Å². The highest BCUT2D eigenvalue weighted by Gasteiger charge is 2.25. The summed E-state index contributed by atoms with van der Waals surface area (Å²) >= 11 is 0. The number of nitrogens with zero attached hydrogens (tertiary/aromatic N) is 1. The van der Waals surface area contributed by atoms with Gasteiger partial charge in [-0.1, -0.05) is 0 Å². The molecule has 1 aliphatic rings. The van der Waals surface area contributed by atoms with Gasteiger partial charge in [-0.3, -0.25) is 4.79 Å². The maximum Gasteiger partial charge on any atom is 0.320 e. The van der Waals surface area contributed by atoms with Crippen molar-refractivity contribution in [3.8, 4) is 0 Å². The van der Waals surface area contributed by atoms with Gasteiger partial charge in [0.05, 0.1) is 12.4 Å². The maximum atomic E-state index is 11.9. The number of carbonyl (C=O) groups is 1. The zero-order chi connectivity index (χ0) is 12.9. The van der Waals surface area contributed by atoms with Crippen LogP contribution in [0.1, 0.15) is 12.8 Å². The molecule has 1 atom stereocenters. The Balaban J connectivity index is 2.52. The highest BCUT2D eigenvalue weighted by molar-refractivity contribution is 7.89. The van der Waals surface area contributed by atoms with Crippen LogP contribution in [0.25, 0.3) is 0 Å². The van der Waals surface area contributed by atoms with Gasteiger partial charge in [-0.2, -0.15) is 4.31 Å². The number of ether oxygens (including phenoxy) is 1. The third-order valence-electron chi connectivity index (χ3n) is 2.58. The van der Waals surface area contributed by atoms with E-state index >= 15 is 0 Å². The molecule has 100 valence electrons. The number of rotatable bonds is 5. The van der Waals surface area contributed by atoms with Crippen LogP contribution in [0.5, 0.6) is 0 Å². The molecule has 0 saturated carbocycles. The Morgan fingerprint density at radius 1 is 1.41 bits per heavy atom. The van der Waals surface area contributed by atoms with E-state index in [-0.39, 0.29) is 12.2 Å². The van der Waals surface area contributed by atoms with Gasteiger partial charge in [-0.05, 0) is 12.8 Å². The monoisotopic (exact) mass is 266 g/mol. The molecule has 1 heterocycles. The SMILES string of the molecule is NC(CCS(=O)(=O)N1CCCOCC1)C(=O)O. The van der Waals surface area contributed by atoms with Crippen molar-refractivity contribution in [3.63, 3.8) is 0 Å². The predicted octanol–water partition coefficient (Wildman–Crippen LogP) is -1.16. The van der Waals surface area contributed by atoms with Gasteiger partial charge in [0.1, 0.15) is 6.04 Å². The van der Waals surface area contributed by atoms with E-state index in [1.165, 1.54) is 4.31 Å². The number of hydrogen-bond acceptors (Lipinski definition) is 5. The highest BCUT2D eigenvalue weighted by Crippen LogP contribution is 2.08. The van der Waals surface area contributed by atoms with Crippen molar-refractivity contribution >= 4 is 16.0 Å². The molecule has 3 N–H and O–H groups in total. The topological polar surface area (TPSA) is 110 Å². The first-order valence-electron chi connectivity index (χ1n) is 5.47. The normalized spacial score (nSPS) is 20.8. The van der Waals surface area contributed by atoms with Crippen LogP contribution in [0, 0.1) is 0 Å². The summed E-state index contributed by atoms with van der Waals surface area (Å²) in [5.74, 6) is -1.42. The molecule has 0 aromatic carbocycles. The van der Waals surface area contributed by atoms with E-state index in [0.29, 0.717) is 32.7 Å². The second kappa shape index (κ2) is 6.29. The van der Waals surface area contributed by atoms with Crippen molar-refractivity contribution < 1.29 is 23.1 Å². The molecule has 0 aromatic rings. The first kappa shape index (κ1) is 14.4. The van der Waals surface area contributed by atoms with Crippen LogP contribution < -0.4 is 5.73 Å². The zero-order valence-corrected chi connectivity index (χ0v) is 10.4. The van der Waals surface area contributed by atoms with Crippen molar-refractivity contribution in [1.82, 2.24) is 4.31 Å². The van der Waals surface area contributed by atoms with Crippen molar-refractivity contribution in [2.75, 3.05) is 32.1 Å². The number of carboxylic acid groups (broad SMARTS) is 1. The second-order valence-corrected chi connectivity index (χ2v) is 6.00. The van der Waals surface area contributed by atoms with Crippen molar-refractivity contribution in [3.05, 3.63) is 0 Å². The van der Waals surface area contributed by atoms with Gasteiger partial charge in [0.2, 0.25) is 10.0 Å². The van der Waals surface area contributed by atoms with Crippen LogP contribution in [0.15, 0.2) is 0 Å². The molecule has 0 aromatic heterocycles. The lowest BCUT2D eigenvalue weighted by Gasteiger charge is -2.19. The molecule has 17 heavy (non-hydrogen) atoms. The van der Waals surface area contributed by atoms with Crippen LogP contribution >= 0.6 is 0 Å². The summed E-state index contributed by atoms with van der Waals surface area (Å²) in [5, 5.41) is 8.58. The quantitative estimate of drug-likeness (QED) is 0.649.